The van der Waals surface area contributed by atoms with Crippen LogP contribution in [0.5, 0.6) is 5.75 Å². The second-order valence-corrected chi connectivity index (χ2v) is 18.3. The van der Waals surface area contributed by atoms with Crippen LogP contribution >= 0.6 is 0 Å². The largest absolute Gasteiger partial charge is 0.507 e. The molecule has 4 nitrogen and oxygen atoms in total. The first kappa shape index (κ1) is 34.9. The number of benzene rings is 4. The van der Waals surface area contributed by atoms with Crippen molar-refractivity contribution >= 4 is 33.1 Å². The Morgan fingerprint density at radius 1 is 0.722 bits per heavy atom. The molecule has 0 bridgehead atoms. The second-order valence-electron chi connectivity index (χ2n) is 18.3. The summed E-state index contributed by atoms with van der Waals surface area (Å²) in [4.78, 5) is 15.3. The molecular weight excluding hydrogens is 659 g/mol. The molecule has 6 aromatic rings. The Hall–Kier alpha value is -4.83. The molecule has 0 atom stereocenters. The number of hydrogen-bond donors (Lipinski definition) is 1. The molecule has 0 unspecified atom stereocenters. The minimum atomic E-state index is -0.397. The highest BCUT2D eigenvalue weighted by atomic mass is 16.3. The first-order chi connectivity index (χ1) is 25.9. The SMILES string of the molecule is Cc1nc2ccc(-c3cc(-c4ccc(C5CCC6(CCCCC6)CC5)cc4)ccn3)cc2c2c3c(ccc12)C(C)(C)C(c1ccc(C(C)(C)C)cc1O)=N3. The number of nitrogens with zero attached hydrogens (tertiary/aromatic N) is 3. The molecule has 1 N–H and O–H groups in total. The smallest absolute Gasteiger partial charge is 0.124 e. The number of aliphatic imine (C=N–C) groups is 1. The van der Waals surface area contributed by atoms with Gasteiger partial charge in [0.2, 0.25) is 0 Å². The normalized spacial score (nSPS) is 18.3. The van der Waals surface area contributed by atoms with Crippen molar-refractivity contribution in [3.05, 3.63) is 119 Å². The van der Waals surface area contributed by atoms with E-state index in [2.05, 4.69) is 114 Å². The van der Waals surface area contributed by atoms with Crippen LogP contribution in [0.1, 0.15) is 126 Å². The molecule has 2 fully saturated rings. The topological polar surface area (TPSA) is 58.4 Å². The number of pyridine rings is 2. The van der Waals surface area contributed by atoms with Gasteiger partial charge < -0.3 is 5.11 Å². The van der Waals surface area contributed by atoms with E-state index in [-0.39, 0.29) is 11.2 Å². The number of aromatic hydroxyl groups is 1. The molecule has 274 valence electrons. The Labute approximate surface area is 320 Å². The molecule has 0 radical (unpaired) electrons. The van der Waals surface area contributed by atoms with E-state index >= 15 is 0 Å². The van der Waals surface area contributed by atoms with Gasteiger partial charge in [0.25, 0.3) is 0 Å². The predicted molar refractivity (Wildman–Crippen MR) is 225 cm³/mol. The maximum absolute atomic E-state index is 11.3. The van der Waals surface area contributed by atoms with E-state index < -0.39 is 5.41 Å². The van der Waals surface area contributed by atoms with E-state index in [0.717, 1.165) is 66.7 Å². The zero-order chi connectivity index (χ0) is 37.4. The third kappa shape index (κ3) is 5.93. The van der Waals surface area contributed by atoms with Gasteiger partial charge in [0.1, 0.15) is 5.75 Å². The molecule has 3 heterocycles. The highest BCUT2D eigenvalue weighted by molar-refractivity contribution is 6.21. The summed E-state index contributed by atoms with van der Waals surface area (Å²) in [6.45, 7) is 13.0. The molecule has 0 saturated heterocycles. The Morgan fingerprint density at radius 3 is 2.19 bits per heavy atom. The van der Waals surface area contributed by atoms with Crippen LogP contribution < -0.4 is 0 Å². The number of aryl methyl sites for hydroxylation is 1. The standard InChI is InChI=1S/C50H53N3O/c1-31-38-17-18-41-46(53-47(49(41,5)6)39-16-15-37(30-44(39)54)48(2,3)4)45(38)40-28-36(14-19-42(40)52-31)43-29-35(22-27-51-43)33-12-10-32(11-13-33)34-20-25-50(26-21-34)23-8-7-9-24-50/h10-19,22,27-30,34,54H,7-9,20-21,23-26H2,1-6H3. The third-order valence-electron chi connectivity index (χ3n) is 13.5. The van der Waals surface area contributed by atoms with Crippen LogP contribution in [-0.4, -0.2) is 20.8 Å². The van der Waals surface area contributed by atoms with Gasteiger partial charge in [0, 0.05) is 44.6 Å². The average molecular weight is 712 g/mol. The van der Waals surface area contributed by atoms with E-state index in [4.69, 9.17) is 15.0 Å². The van der Waals surface area contributed by atoms with Gasteiger partial charge in [-0.05, 0) is 126 Å². The molecule has 0 amide bonds. The van der Waals surface area contributed by atoms with Crippen LogP contribution in [0.3, 0.4) is 0 Å². The highest BCUT2D eigenvalue weighted by Crippen LogP contribution is 2.52. The first-order valence-electron chi connectivity index (χ1n) is 20.3. The van der Waals surface area contributed by atoms with Gasteiger partial charge in [-0.3, -0.25) is 15.0 Å². The van der Waals surface area contributed by atoms with Crippen LogP contribution in [0.4, 0.5) is 5.69 Å². The predicted octanol–water partition coefficient (Wildman–Crippen LogP) is 13.4. The fourth-order valence-corrected chi connectivity index (χ4v) is 10.1. The summed E-state index contributed by atoms with van der Waals surface area (Å²) < 4.78 is 0. The van der Waals surface area contributed by atoms with E-state index in [9.17, 15) is 5.11 Å². The van der Waals surface area contributed by atoms with Crippen molar-refractivity contribution in [2.24, 2.45) is 10.4 Å². The monoisotopic (exact) mass is 711 g/mol. The van der Waals surface area contributed by atoms with E-state index in [1.807, 2.05) is 18.3 Å². The van der Waals surface area contributed by atoms with Crippen molar-refractivity contribution in [2.45, 2.75) is 116 Å². The molecule has 9 rings (SSSR count). The average Bonchev–Trinajstić information content (AvgIpc) is 3.44. The summed E-state index contributed by atoms with van der Waals surface area (Å²) in [6, 6.07) is 30.7. The van der Waals surface area contributed by atoms with Crippen LogP contribution in [0, 0.1) is 12.3 Å². The molecule has 1 aliphatic heterocycles. The molecule has 2 aliphatic carbocycles. The van der Waals surface area contributed by atoms with Crippen molar-refractivity contribution in [1.82, 2.24) is 9.97 Å². The molecular formula is C50H53N3O. The number of rotatable bonds is 4. The first-order valence-corrected chi connectivity index (χ1v) is 20.3. The highest BCUT2D eigenvalue weighted by Gasteiger charge is 2.39. The fourth-order valence-electron chi connectivity index (χ4n) is 10.1. The van der Waals surface area contributed by atoms with Gasteiger partial charge >= 0.3 is 0 Å². The van der Waals surface area contributed by atoms with Crippen LogP contribution in [0.2, 0.25) is 0 Å². The van der Waals surface area contributed by atoms with Crippen LogP contribution in [0.25, 0.3) is 44.1 Å². The summed E-state index contributed by atoms with van der Waals surface area (Å²) in [5, 5.41) is 14.6. The van der Waals surface area contributed by atoms with E-state index in [1.54, 1.807) is 0 Å². The Kier molecular flexibility index (Phi) is 8.34. The number of hydrogen-bond acceptors (Lipinski definition) is 4. The van der Waals surface area contributed by atoms with Crippen molar-refractivity contribution in [3.63, 3.8) is 0 Å². The van der Waals surface area contributed by atoms with Crippen molar-refractivity contribution < 1.29 is 5.11 Å². The zero-order valence-electron chi connectivity index (χ0n) is 32.9. The van der Waals surface area contributed by atoms with Gasteiger partial charge in [-0.1, -0.05) is 102 Å². The van der Waals surface area contributed by atoms with Gasteiger partial charge in [-0.15, -0.1) is 0 Å². The van der Waals surface area contributed by atoms with E-state index in [0.29, 0.717) is 11.3 Å². The number of phenols is 1. The maximum atomic E-state index is 11.3. The van der Waals surface area contributed by atoms with Crippen molar-refractivity contribution in [3.8, 4) is 28.1 Å². The quantitative estimate of drug-likeness (QED) is 0.185. The van der Waals surface area contributed by atoms with Crippen molar-refractivity contribution in [1.29, 1.82) is 0 Å². The Balaban J connectivity index is 1.06. The third-order valence-corrected chi connectivity index (χ3v) is 13.5. The lowest BCUT2D eigenvalue weighted by molar-refractivity contribution is 0.114. The Morgan fingerprint density at radius 2 is 1.46 bits per heavy atom. The lowest BCUT2D eigenvalue weighted by atomic mass is 9.62. The van der Waals surface area contributed by atoms with Crippen LogP contribution in [0.15, 0.2) is 96.1 Å². The second kappa shape index (κ2) is 12.9. The fraction of sp³-hybridized carbons (Fsp3) is 0.380. The minimum Gasteiger partial charge on any atom is -0.507 e. The maximum Gasteiger partial charge on any atom is 0.124 e. The van der Waals surface area contributed by atoms with Crippen molar-refractivity contribution in [2.75, 3.05) is 0 Å². The molecule has 4 heteroatoms. The minimum absolute atomic E-state index is 0.0602. The molecule has 4 aromatic carbocycles. The molecule has 54 heavy (non-hydrogen) atoms. The molecule has 2 saturated carbocycles. The van der Waals surface area contributed by atoms with E-state index in [1.165, 1.54) is 74.5 Å². The summed E-state index contributed by atoms with van der Waals surface area (Å²) in [5.74, 6) is 0.968. The number of fused-ring (bicyclic) bond motifs is 5. The molecule has 2 aromatic heterocycles. The lowest BCUT2D eigenvalue weighted by Crippen LogP contribution is -2.29. The van der Waals surface area contributed by atoms with Gasteiger partial charge in [0.05, 0.1) is 22.6 Å². The summed E-state index contributed by atoms with van der Waals surface area (Å²) in [7, 11) is 0. The van der Waals surface area contributed by atoms with Gasteiger partial charge in [0.15, 0.2) is 0 Å². The zero-order valence-corrected chi connectivity index (χ0v) is 32.9. The van der Waals surface area contributed by atoms with Crippen LogP contribution in [-0.2, 0) is 10.8 Å². The van der Waals surface area contributed by atoms with Gasteiger partial charge in [-0.2, -0.15) is 0 Å². The lowest BCUT2D eigenvalue weighted by Gasteiger charge is -2.43. The summed E-state index contributed by atoms with van der Waals surface area (Å²) in [5.41, 5.74) is 12.9. The Bertz CT molecular complexity index is 2450. The molecule has 1 spiro atoms. The molecule has 3 aliphatic rings. The number of aromatic nitrogens is 2. The van der Waals surface area contributed by atoms with Gasteiger partial charge in [-0.25, -0.2) is 0 Å². The number of phenolic OH excluding ortho intramolecular Hbond substituents is 1. The summed E-state index contributed by atoms with van der Waals surface area (Å²) in [6.07, 6.45) is 14.7. The summed E-state index contributed by atoms with van der Waals surface area (Å²) >= 11 is 0.